The van der Waals surface area contributed by atoms with Crippen molar-refractivity contribution in [3.8, 4) is 11.5 Å². The fourth-order valence-corrected chi connectivity index (χ4v) is 3.79. The van der Waals surface area contributed by atoms with Gasteiger partial charge in [0.25, 0.3) is 0 Å². The molecule has 0 aromatic heterocycles. The van der Waals surface area contributed by atoms with Crippen LogP contribution in [0.5, 0.6) is 11.5 Å². The molecule has 1 aliphatic rings. The lowest BCUT2D eigenvalue weighted by Crippen LogP contribution is -2.16. The van der Waals surface area contributed by atoms with Crippen molar-refractivity contribution in [3.05, 3.63) is 47.5 Å². The molecule has 0 radical (unpaired) electrons. The number of ether oxygens (including phenoxy) is 5. The molecule has 0 fully saturated rings. The molecule has 2 aromatic carbocycles. The van der Waals surface area contributed by atoms with Crippen molar-refractivity contribution < 1.29 is 28.5 Å². The van der Waals surface area contributed by atoms with Crippen LogP contribution in [0.3, 0.4) is 0 Å². The van der Waals surface area contributed by atoms with Gasteiger partial charge in [-0.1, -0.05) is 30.8 Å². The van der Waals surface area contributed by atoms with Crippen molar-refractivity contribution in [3.63, 3.8) is 0 Å². The zero-order valence-corrected chi connectivity index (χ0v) is 18.5. The third kappa shape index (κ3) is 5.99. The van der Waals surface area contributed by atoms with Gasteiger partial charge >= 0.3 is 5.97 Å². The number of hydrogen-bond donors (Lipinski definition) is 0. The maximum Gasteiger partial charge on any atom is 0.333 e. The van der Waals surface area contributed by atoms with Crippen molar-refractivity contribution >= 4 is 16.7 Å². The first-order valence-corrected chi connectivity index (χ1v) is 10.8. The first-order chi connectivity index (χ1) is 15.1. The minimum atomic E-state index is -0.397. The first-order valence-electron chi connectivity index (χ1n) is 10.8. The number of hydrogen-bond acceptors (Lipinski definition) is 6. The Balaban J connectivity index is 1.68. The molecule has 0 bridgehead atoms. The van der Waals surface area contributed by atoms with Crippen LogP contribution in [0.2, 0.25) is 0 Å². The first kappa shape index (κ1) is 23.1. The summed E-state index contributed by atoms with van der Waals surface area (Å²) in [4.78, 5) is 11.4. The third-order valence-electron chi connectivity index (χ3n) is 5.25. The average molecular weight is 429 g/mol. The monoisotopic (exact) mass is 428 g/mol. The summed E-state index contributed by atoms with van der Waals surface area (Å²) in [5, 5.41) is 2.13. The van der Waals surface area contributed by atoms with Crippen LogP contribution in [0.15, 0.2) is 36.4 Å². The van der Waals surface area contributed by atoms with E-state index < -0.39 is 5.97 Å². The molecule has 0 saturated carbocycles. The molecule has 0 saturated heterocycles. The predicted molar refractivity (Wildman–Crippen MR) is 120 cm³/mol. The number of benzene rings is 2. The van der Waals surface area contributed by atoms with Crippen LogP contribution in [0.25, 0.3) is 10.8 Å². The lowest BCUT2D eigenvalue weighted by atomic mass is 9.87. The molecule has 0 aliphatic heterocycles. The van der Waals surface area contributed by atoms with Crippen molar-refractivity contribution in [2.45, 2.75) is 32.6 Å². The van der Waals surface area contributed by atoms with Crippen LogP contribution < -0.4 is 9.47 Å². The fraction of sp³-hybridized carbons (Fsp3) is 0.480. The van der Waals surface area contributed by atoms with Crippen LogP contribution in [0.1, 0.15) is 30.9 Å². The summed E-state index contributed by atoms with van der Waals surface area (Å²) in [5.41, 5.74) is 2.88. The van der Waals surface area contributed by atoms with E-state index in [2.05, 4.69) is 18.7 Å². The van der Waals surface area contributed by atoms with Crippen molar-refractivity contribution in [1.82, 2.24) is 0 Å². The molecule has 168 valence electrons. The van der Waals surface area contributed by atoms with Gasteiger partial charge in [0.05, 0.1) is 19.8 Å². The number of fused-ring (bicyclic) bond motifs is 2. The smallest absolute Gasteiger partial charge is 0.333 e. The highest BCUT2D eigenvalue weighted by atomic mass is 16.6. The summed E-state index contributed by atoms with van der Waals surface area (Å²) in [6.45, 7) is 7.63. The Morgan fingerprint density at radius 3 is 1.97 bits per heavy atom. The molecule has 31 heavy (non-hydrogen) atoms. The zero-order chi connectivity index (χ0) is 22.1. The van der Waals surface area contributed by atoms with Gasteiger partial charge in [-0.2, -0.15) is 0 Å². The van der Waals surface area contributed by atoms with Crippen molar-refractivity contribution in [1.29, 1.82) is 0 Å². The maximum atomic E-state index is 11.4. The number of esters is 1. The highest BCUT2D eigenvalue weighted by molar-refractivity contribution is 5.96. The predicted octanol–water partition coefficient (Wildman–Crippen LogP) is 4.26. The standard InChI is InChI=1S/C25H32O6/c1-18(2)25(26)31-17-14-28-13-16-30-24-21-10-6-4-8-19(21)23(29-15-12-27-3)20-9-5-7-11-22(20)24/h4,6,8,10H,1,5,7,9,11-17H2,2-3H3. The largest absolute Gasteiger partial charge is 0.490 e. The van der Waals surface area contributed by atoms with Gasteiger partial charge in [0.15, 0.2) is 0 Å². The highest BCUT2D eigenvalue weighted by Gasteiger charge is 2.23. The van der Waals surface area contributed by atoms with Gasteiger partial charge in [-0.25, -0.2) is 4.79 Å². The summed E-state index contributed by atoms with van der Waals surface area (Å²) in [5.74, 6) is 1.50. The molecule has 0 N–H and O–H groups in total. The van der Waals surface area contributed by atoms with E-state index in [-0.39, 0.29) is 6.61 Å². The van der Waals surface area contributed by atoms with Crippen LogP contribution >= 0.6 is 0 Å². The molecule has 0 spiro atoms. The Morgan fingerprint density at radius 1 is 0.871 bits per heavy atom. The molecule has 0 heterocycles. The zero-order valence-electron chi connectivity index (χ0n) is 18.5. The molecule has 0 amide bonds. The fourth-order valence-electron chi connectivity index (χ4n) is 3.79. The molecular formula is C25H32O6. The van der Waals surface area contributed by atoms with E-state index in [0.29, 0.717) is 38.6 Å². The molecule has 1 aliphatic carbocycles. The van der Waals surface area contributed by atoms with Gasteiger partial charge in [0, 0.05) is 34.6 Å². The van der Waals surface area contributed by atoms with Crippen molar-refractivity contribution in [2.24, 2.45) is 0 Å². The van der Waals surface area contributed by atoms with E-state index in [0.717, 1.165) is 48.0 Å². The number of carbonyl (C=O) groups excluding carboxylic acids is 1. The number of carbonyl (C=O) groups is 1. The van der Waals surface area contributed by atoms with Crippen LogP contribution in [-0.4, -0.2) is 52.7 Å². The maximum absolute atomic E-state index is 11.4. The van der Waals surface area contributed by atoms with Gasteiger partial charge in [-0.05, 0) is 32.6 Å². The second-order valence-electron chi connectivity index (χ2n) is 7.59. The molecule has 2 aromatic rings. The molecule has 6 nitrogen and oxygen atoms in total. The minimum absolute atomic E-state index is 0.206. The lowest BCUT2D eigenvalue weighted by Gasteiger charge is -2.25. The normalized spacial score (nSPS) is 13.0. The van der Waals surface area contributed by atoms with E-state index >= 15 is 0 Å². The Bertz CT molecular complexity index is 905. The van der Waals surface area contributed by atoms with Crippen LogP contribution in [0.4, 0.5) is 0 Å². The topological polar surface area (TPSA) is 63.2 Å². The van der Waals surface area contributed by atoms with Crippen LogP contribution in [-0.2, 0) is 31.8 Å². The second kappa shape index (κ2) is 11.7. The number of rotatable bonds is 12. The summed E-state index contributed by atoms with van der Waals surface area (Å²) >= 11 is 0. The van der Waals surface area contributed by atoms with E-state index in [1.807, 2.05) is 12.1 Å². The van der Waals surface area contributed by atoms with E-state index in [9.17, 15) is 4.79 Å². The Morgan fingerprint density at radius 2 is 1.42 bits per heavy atom. The SMILES string of the molecule is C=C(C)C(=O)OCCOCCOc1c2c(c(OCCOC)c3ccccc13)CCCC2. The van der Waals surface area contributed by atoms with Crippen LogP contribution in [0, 0.1) is 0 Å². The number of methoxy groups -OCH3 is 1. The van der Waals surface area contributed by atoms with E-state index in [4.69, 9.17) is 23.7 Å². The molecular weight excluding hydrogens is 396 g/mol. The van der Waals surface area contributed by atoms with Gasteiger partial charge in [0.1, 0.15) is 31.3 Å². The van der Waals surface area contributed by atoms with E-state index in [1.54, 1.807) is 14.0 Å². The highest BCUT2D eigenvalue weighted by Crippen LogP contribution is 2.44. The van der Waals surface area contributed by atoms with Gasteiger partial charge in [-0.3, -0.25) is 0 Å². The molecule has 3 rings (SSSR count). The summed E-state index contributed by atoms with van der Waals surface area (Å²) in [6, 6.07) is 8.22. The lowest BCUT2D eigenvalue weighted by molar-refractivity contribution is -0.140. The summed E-state index contributed by atoms with van der Waals surface area (Å²) < 4.78 is 28.2. The molecule has 0 atom stereocenters. The van der Waals surface area contributed by atoms with Gasteiger partial charge in [0.2, 0.25) is 0 Å². The Kier molecular flexibility index (Phi) is 8.74. The third-order valence-corrected chi connectivity index (χ3v) is 5.25. The van der Waals surface area contributed by atoms with Gasteiger partial charge in [-0.15, -0.1) is 0 Å². The molecule has 6 heteroatoms. The van der Waals surface area contributed by atoms with Crippen molar-refractivity contribution in [2.75, 3.05) is 46.8 Å². The second-order valence-corrected chi connectivity index (χ2v) is 7.59. The minimum Gasteiger partial charge on any atom is -0.490 e. The average Bonchev–Trinajstić information content (AvgIpc) is 2.79. The van der Waals surface area contributed by atoms with E-state index in [1.165, 1.54) is 11.1 Å². The molecule has 0 unspecified atom stereocenters. The Hall–Kier alpha value is -2.57. The quantitative estimate of drug-likeness (QED) is 0.286. The van der Waals surface area contributed by atoms with Gasteiger partial charge < -0.3 is 23.7 Å². The Labute approximate surface area is 184 Å². The summed E-state index contributed by atoms with van der Waals surface area (Å²) in [7, 11) is 1.68. The summed E-state index contributed by atoms with van der Waals surface area (Å²) in [6.07, 6.45) is 4.26.